The van der Waals surface area contributed by atoms with E-state index in [-0.39, 0.29) is 12.6 Å². The van der Waals surface area contributed by atoms with E-state index in [1.54, 1.807) is 12.3 Å². The van der Waals surface area contributed by atoms with Gasteiger partial charge in [0, 0.05) is 6.20 Å². The van der Waals surface area contributed by atoms with Crippen molar-refractivity contribution in [2.24, 2.45) is 0 Å². The molecule has 0 saturated heterocycles. The molecule has 92 valence electrons. The highest BCUT2D eigenvalue weighted by Crippen LogP contribution is 2.14. The van der Waals surface area contributed by atoms with E-state index < -0.39 is 0 Å². The van der Waals surface area contributed by atoms with Crippen molar-refractivity contribution in [1.29, 1.82) is 0 Å². The quantitative estimate of drug-likeness (QED) is 0.775. The zero-order chi connectivity index (χ0) is 13.0. The number of hydrogen-bond acceptors (Lipinski definition) is 3. The summed E-state index contributed by atoms with van der Waals surface area (Å²) < 4.78 is 5.25. The van der Waals surface area contributed by atoms with Crippen LogP contribution >= 0.6 is 0 Å². The Bertz CT molecular complexity index is 550. The fourth-order valence-electron chi connectivity index (χ4n) is 1.67. The average molecular weight is 241 g/mol. The summed E-state index contributed by atoms with van der Waals surface area (Å²) in [6.07, 6.45) is 1.68. The van der Waals surface area contributed by atoms with Gasteiger partial charge in [-0.05, 0) is 43.2 Å². The minimum atomic E-state index is -0.304. The van der Waals surface area contributed by atoms with Crippen LogP contribution < -0.4 is 0 Å². The molecule has 0 aliphatic heterocycles. The lowest BCUT2D eigenvalue weighted by Gasteiger charge is -2.08. The first-order chi connectivity index (χ1) is 8.68. The van der Waals surface area contributed by atoms with Gasteiger partial charge in [-0.25, -0.2) is 4.79 Å². The van der Waals surface area contributed by atoms with Crippen LogP contribution in [0, 0.1) is 13.8 Å². The lowest BCUT2D eigenvalue weighted by molar-refractivity contribution is 0.0467. The number of pyridine rings is 1. The second-order valence-corrected chi connectivity index (χ2v) is 4.14. The van der Waals surface area contributed by atoms with Crippen molar-refractivity contribution in [2.75, 3.05) is 0 Å². The van der Waals surface area contributed by atoms with Crippen LogP contribution in [0.4, 0.5) is 0 Å². The van der Waals surface area contributed by atoms with E-state index in [0.29, 0.717) is 5.56 Å². The summed E-state index contributed by atoms with van der Waals surface area (Å²) in [5.41, 5.74) is 3.41. The second kappa shape index (κ2) is 5.45. The van der Waals surface area contributed by atoms with E-state index in [9.17, 15) is 4.79 Å². The van der Waals surface area contributed by atoms with Gasteiger partial charge < -0.3 is 4.74 Å². The molecule has 0 amide bonds. The highest BCUT2D eigenvalue weighted by molar-refractivity contribution is 5.91. The molecular weight excluding hydrogens is 226 g/mol. The summed E-state index contributed by atoms with van der Waals surface area (Å²) in [6, 6.07) is 11.1. The van der Waals surface area contributed by atoms with Gasteiger partial charge in [0.15, 0.2) is 0 Å². The number of aryl methyl sites for hydroxylation is 1. The van der Waals surface area contributed by atoms with Gasteiger partial charge in [0.2, 0.25) is 0 Å². The van der Waals surface area contributed by atoms with Crippen LogP contribution in [0.2, 0.25) is 0 Å². The number of hydrogen-bond donors (Lipinski definition) is 0. The maximum Gasteiger partial charge on any atom is 0.338 e. The molecular formula is C15H15NO2. The second-order valence-electron chi connectivity index (χ2n) is 4.14. The van der Waals surface area contributed by atoms with Crippen LogP contribution in [0.15, 0.2) is 42.6 Å². The van der Waals surface area contributed by atoms with Crippen LogP contribution in [0.3, 0.4) is 0 Å². The minimum Gasteiger partial charge on any atom is -0.456 e. The van der Waals surface area contributed by atoms with E-state index in [0.717, 1.165) is 16.8 Å². The molecule has 0 atom stereocenters. The number of nitrogens with zero attached hydrogens (tertiary/aromatic N) is 1. The Morgan fingerprint density at radius 1 is 1.17 bits per heavy atom. The predicted molar refractivity (Wildman–Crippen MR) is 69.3 cm³/mol. The minimum absolute atomic E-state index is 0.201. The molecule has 2 rings (SSSR count). The highest BCUT2D eigenvalue weighted by atomic mass is 16.5. The fourth-order valence-corrected chi connectivity index (χ4v) is 1.67. The van der Waals surface area contributed by atoms with Crippen molar-refractivity contribution >= 4 is 5.97 Å². The zero-order valence-electron chi connectivity index (χ0n) is 10.5. The van der Waals surface area contributed by atoms with Crippen LogP contribution in [0.5, 0.6) is 0 Å². The van der Waals surface area contributed by atoms with Crippen molar-refractivity contribution in [3.8, 4) is 0 Å². The fraction of sp³-hybridized carbons (Fsp3) is 0.200. The van der Waals surface area contributed by atoms with Crippen molar-refractivity contribution in [2.45, 2.75) is 20.5 Å². The third-order valence-corrected chi connectivity index (χ3v) is 2.90. The molecule has 0 radical (unpaired) electrons. The number of rotatable bonds is 3. The smallest absolute Gasteiger partial charge is 0.338 e. The van der Waals surface area contributed by atoms with Gasteiger partial charge in [0.05, 0.1) is 11.3 Å². The third kappa shape index (κ3) is 2.74. The molecule has 0 unspecified atom stereocenters. The average Bonchev–Trinajstić information content (AvgIpc) is 2.40. The van der Waals surface area contributed by atoms with Gasteiger partial charge in [0.1, 0.15) is 6.61 Å². The summed E-state index contributed by atoms with van der Waals surface area (Å²) in [5.74, 6) is -0.304. The molecule has 0 aliphatic rings. The summed E-state index contributed by atoms with van der Waals surface area (Å²) >= 11 is 0. The van der Waals surface area contributed by atoms with Crippen LogP contribution in [0.25, 0.3) is 0 Å². The Hall–Kier alpha value is -2.16. The van der Waals surface area contributed by atoms with Crippen molar-refractivity contribution in [3.05, 3.63) is 65.0 Å². The number of ether oxygens (including phenoxy) is 1. The lowest BCUT2D eigenvalue weighted by Crippen LogP contribution is -2.08. The van der Waals surface area contributed by atoms with Gasteiger partial charge in [-0.1, -0.05) is 18.2 Å². The molecule has 0 bridgehead atoms. The maximum atomic E-state index is 11.9. The Morgan fingerprint density at radius 3 is 2.72 bits per heavy atom. The third-order valence-electron chi connectivity index (χ3n) is 2.90. The van der Waals surface area contributed by atoms with Crippen molar-refractivity contribution in [3.63, 3.8) is 0 Å². The standard InChI is InChI=1S/C15H15NO2/c1-11-6-5-8-14(12(11)2)15(17)18-10-13-7-3-4-9-16-13/h3-9H,10H2,1-2H3. The number of benzene rings is 1. The van der Waals surface area contributed by atoms with Crippen LogP contribution in [-0.4, -0.2) is 11.0 Å². The topological polar surface area (TPSA) is 39.2 Å². The van der Waals surface area contributed by atoms with E-state index in [4.69, 9.17) is 4.74 Å². The van der Waals surface area contributed by atoms with E-state index >= 15 is 0 Å². The molecule has 0 spiro atoms. The number of carbonyl (C=O) groups excluding carboxylic acids is 1. The van der Waals surface area contributed by atoms with Gasteiger partial charge in [0.25, 0.3) is 0 Å². The summed E-state index contributed by atoms with van der Waals surface area (Å²) in [7, 11) is 0. The van der Waals surface area contributed by atoms with Crippen molar-refractivity contribution in [1.82, 2.24) is 4.98 Å². The molecule has 18 heavy (non-hydrogen) atoms. The number of carbonyl (C=O) groups is 1. The number of esters is 1. The van der Waals surface area contributed by atoms with Gasteiger partial charge in [-0.15, -0.1) is 0 Å². The largest absolute Gasteiger partial charge is 0.456 e. The molecule has 0 aliphatic carbocycles. The Labute approximate surface area is 106 Å². The molecule has 2 aromatic rings. The van der Waals surface area contributed by atoms with Gasteiger partial charge in [-0.3, -0.25) is 4.98 Å². The Kier molecular flexibility index (Phi) is 3.72. The van der Waals surface area contributed by atoms with E-state index in [2.05, 4.69) is 4.98 Å². The van der Waals surface area contributed by atoms with Crippen LogP contribution in [-0.2, 0) is 11.3 Å². The van der Waals surface area contributed by atoms with Crippen LogP contribution in [0.1, 0.15) is 27.2 Å². The Morgan fingerprint density at radius 2 is 2.00 bits per heavy atom. The van der Waals surface area contributed by atoms with E-state index in [1.165, 1.54) is 0 Å². The Balaban J connectivity index is 2.07. The molecule has 1 aromatic heterocycles. The van der Waals surface area contributed by atoms with Gasteiger partial charge in [-0.2, -0.15) is 0 Å². The first-order valence-corrected chi connectivity index (χ1v) is 5.81. The molecule has 1 heterocycles. The molecule has 0 N–H and O–H groups in total. The first-order valence-electron chi connectivity index (χ1n) is 5.81. The monoisotopic (exact) mass is 241 g/mol. The molecule has 3 heteroatoms. The SMILES string of the molecule is Cc1cccc(C(=O)OCc2ccccn2)c1C. The summed E-state index contributed by atoms with van der Waals surface area (Å²) in [6.45, 7) is 4.10. The molecule has 3 nitrogen and oxygen atoms in total. The normalized spacial score (nSPS) is 10.1. The lowest BCUT2D eigenvalue weighted by atomic mass is 10.0. The molecule has 1 aromatic carbocycles. The zero-order valence-corrected chi connectivity index (χ0v) is 10.5. The summed E-state index contributed by atoms with van der Waals surface area (Å²) in [5, 5.41) is 0. The molecule has 0 saturated carbocycles. The van der Waals surface area contributed by atoms with Gasteiger partial charge >= 0.3 is 5.97 Å². The predicted octanol–water partition coefficient (Wildman–Crippen LogP) is 3.06. The van der Waals surface area contributed by atoms with E-state index in [1.807, 2.05) is 44.2 Å². The van der Waals surface area contributed by atoms with Crippen molar-refractivity contribution < 1.29 is 9.53 Å². The molecule has 0 fully saturated rings. The summed E-state index contributed by atoms with van der Waals surface area (Å²) in [4.78, 5) is 16.0. The number of aromatic nitrogens is 1. The first kappa shape index (κ1) is 12.3. The highest BCUT2D eigenvalue weighted by Gasteiger charge is 2.11. The maximum absolute atomic E-state index is 11.9.